The molecule has 2 heterocycles. The summed E-state index contributed by atoms with van der Waals surface area (Å²) in [6.45, 7) is 2.87. The Bertz CT molecular complexity index is 704. The maximum atomic E-state index is 12.6. The number of carboxylic acid groups (broad SMARTS) is 1. The molecule has 1 N–H and O–H groups in total. The average Bonchev–Trinajstić information content (AvgIpc) is 3.32. The molecule has 0 saturated carbocycles. The van der Waals surface area contributed by atoms with Gasteiger partial charge in [0, 0.05) is 24.6 Å². The van der Waals surface area contributed by atoms with Crippen molar-refractivity contribution in [1.29, 1.82) is 0 Å². The molecule has 1 aromatic rings. The van der Waals surface area contributed by atoms with Crippen LogP contribution in [0, 0.1) is 11.8 Å². The molecular weight excluding hydrogens is 370 g/mol. The Kier molecular flexibility index (Phi) is 7.69. The van der Waals surface area contributed by atoms with Crippen molar-refractivity contribution < 1.29 is 24.2 Å². The monoisotopic (exact) mass is 401 g/mol. The summed E-state index contributed by atoms with van der Waals surface area (Å²) < 4.78 is 11.8. The van der Waals surface area contributed by atoms with Crippen molar-refractivity contribution in [2.24, 2.45) is 11.8 Å². The van der Waals surface area contributed by atoms with Crippen LogP contribution in [0.5, 0.6) is 0 Å². The Morgan fingerprint density at radius 1 is 1.17 bits per heavy atom. The predicted octanol–water partition coefficient (Wildman–Crippen LogP) is 4.64. The van der Waals surface area contributed by atoms with Gasteiger partial charge in [0.2, 0.25) is 0 Å². The third-order valence-electron chi connectivity index (χ3n) is 5.93. The van der Waals surface area contributed by atoms with Crippen LogP contribution in [0.25, 0.3) is 0 Å². The van der Waals surface area contributed by atoms with E-state index in [1.165, 1.54) is 0 Å². The number of hydrogen-bond acceptors (Lipinski definition) is 4. The number of fused-ring (bicyclic) bond motifs is 2. The van der Waals surface area contributed by atoms with Gasteiger partial charge in [-0.3, -0.25) is 9.69 Å². The summed E-state index contributed by atoms with van der Waals surface area (Å²) in [5.41, 5.74) is 0.838. The first-order chi connectivity index (χ1) is 14.1. The summed E-state index contributed by atoms with van der Waals surface area (Å²) in [7, 11) is 0. The van der Waals surface area contributed by atoms with Crippen LogP contribution in [0.2, 0.25) is 0 Å². The zero-order valence-corrected chi connectivity index (χ0v) is 17.0. The topological polar surface area (TPSA) is 76.1 Å². The van der Waals surface area contributed by atoms with E-state index in [0.717, 1.165) is 31.4 Å². The van der Waals surface area contributed by atoms with Gasteiger partial charge in [0.25, 0.3) is 0 Å². The number of aliphatic carboxylic acids is 1. The number of hydrogen-bond donors (Lipinski definition) is 1. The minimum Gasteiger partial charge on any atom is -0.481 e. The highest BCUT2D eigenvalue weighted by Crippen LogP contribution is 2.45. The molecule has 2 aliphatic rings. The first-order valence-electron chi connectivity index (χ1n) is 10.6. The zero-order chi connectivity index (χ0) is 20.6. The fourth-order valence-electron chi connectivity index (χ4n) is 4.44. The quantitative estimate of drug-likeness (QED) is 0.456. The lowest BCUT2D eigenvalue weighted by molar-refractivity contribution is -0.137. The fraction of sp³-hybridized carbons (Fsp3) is 0.565. The largest absolute Gasteiger partial charge is 0.481 e. The number of anilines is 1. The van der Waals surface area contributed by atoms with Crippen LogP contribution < -0.4 is 4.90 Å². The lowest BCUT2D eigenvalue weighted by atomic mass is 9.78. The minimum atomic E-state index is -0.751. The third kappa shape index (κ3) is 5.60. The Morgan fingerprint density at radius 2 is 1.90 bits per heavy atom. The van der Waals surface area contributed by atoms with E-state index < -0.39 is 5.97 Å². The molecule has 0 aliphatic carbocycles. The van der Waals surface area contributed by atoms with Gasteiger partial charge in [-0.15, -0.1) is 0 Å². The molecule has 2 saturated heterocycles. The van der Waals surface area contributed by atoms with Crippen LogP contribution in [-0.4, -0.2) is 42.5 Å². The molecule has 1 amide bonds. The molecule has 2 aliphatic heterocycles. The first-order valence-corrected chi connectivity index (χ1v) is 10.6. The highest BCUT2D eigenvalue weighted by Gasteiger charge is 2.48. The second-order valence-electron chi connectivity index (χ2n) is 7.77. The highest BCUT2D eigenvalue weighted by molar-refractivity contribution is 5.87. The maximum absolute atomic E-state index is 12.6. The molecule has 0 aromatic heterocycles. The number of amides is 1. The summed E-state index contributed by atoms with van der Waals surface area (Å²) in [4.78, 5) is 24.8. The van der Waals surface area contributed by atoms with E-state index in [9.17, 15) is 9.59 Å². The summed E-state index contributed by atoms with van der Waals surface area (Å²) in [6.07, 6.45) is 8.91. The zero-order valence-electron chi connectivity index (χ0n) is 17.0. The number of benzene rings is 1. The van der Waals surface area contributed by atoms with E-state index in [1.807, 2.05) is 37.3 Å². The summed E-state index contributed by atoms with van der Waals surface area (Å²) in [5.74, 6) is -0.182. The van der Waals surface area contributed by atoms with Gasteiger partial charge >= 0.3 is 12.1 Å². The van der Waals surface area contributed by atoms with E-state index in [1.54, 1.807) is 4.90 Å². The Balaban J connectivity index is 1.51. The number of para-hydroxylation sites is 1. The van der Waals surface area contributed by atoms with Gasteiger partial charge in [-0.05, 0) is 57.1 Å². The van der Waals surface area contributed by atoms with E-state index in [-0.39, 0.29) is 30.6 Å². The van der Waals surface area contributed by atoms with Crippen molar-refractivity contribution in [3.8, 4) is 0 Å². The molecule has 6 heteroatoms. The van der Waals surface area contributed by atoms with Crippen molar-refractivity contribution in [1.82, 2.24) is 0 Å². The lowest BCUT2D eigenvalue weighted by Gasteiger charge is -2.28. The molecule has 0 spiro atoms. The summed E-state index contributed by atoms with van der Waals surface area (Å²) in [6, 6.07) is 9.56. The van der Waals surface area contributed by atoms with Crippen LogP contribution >= 0.6 is 0 Å². The number of unbranched alkanes of at least 4 members (excludes halogenated alkanes) is 1. The van der Waals surface area contributed by atoms with Crippen molar-refractivity contribution in [3.05, 3.63) is 42.5 Å². The van der Waals surface area contributed by atoms with Gasteiger partial charge in [0.05, 0.1) is 18.8 Å². The van der Waals surface area contributed by atoms with Crippen LogP contribution in [0.1, 0.15) is 45.4 Å². The van der Waals surface area contributed by atoms with Crippen LogP contribution in [0.4, 0.5) is 10.5 Å². The van der Waals surface area contributed by atoms with Crippen molar-refractivity contribution in [2.75, 3.05) is 18.1 Å². The van der Waals surface area contributed by atoms with E-state index >= 15 is 0 Å². The van der Waals surface area contributed by atoms with Gasteiger partial charge in [0.1, 0.15) is 0 Å². The van der Waals surface area contributed by atoms with E-state index in [4.69, 9.17) is 14.6 Å². The van der Waals surface area contributed by atoms with Gasteiger partial charge in [-0.25, -0.2) is 4.79 Å². The van der Waals surface area contributed by atoms with Gasteiger partial charge in [-0.2, -0.15) is 0 Å². The molecular formula is C23H31NO5. The molecule has 158 valence electrons. The number of carbonyl (C=O) groups is 2. The Hall–Kier alpha value is -2.34. The molecule has 0 radical (unpaired) electrons. The molecule has 29 heavy (non-hydrogen) atoms. The Labute approximate surface area is 172 Å². The van der Waals surface area contributed by atoms with Gasteiger partial charge < -0.3 is 14.6 Å². The highest BCUT2D eigenvalue weighted by atomic mass is 16.6. The molecule has 1 aromatic carbocycles. The standard InChI is InChI=1S/C23H31NO5/c1-2-24(17-10-6-5-7-11-17)23(27)28-16-19-18(20-14-15-21(19)29-20)12-8-3-4-9-13-22(25)26/h3,5-8,10-11,18-21H,2,4,9,12-16H2,1H3,(H,25,26)/t18-,19-,20-,21+/m1/s1. The summed E-state index contributed by atoms with van der Waals surface area (Å²) >= 11 is 0. The number of ether oxygens (including phenoxy) is 2. The minimum absolute atomic E-state index is 0.171. The molecule has 0 unspecified atom stereocenters. The fourth-order valence-corrected chi connectivity index (χ4v) is 4.44. The van der Waals surface area contributed by atoms with Crippen LogP contribution in [-0.2, 0) is 14.3 Å². The van der Waals surface area contributed by atoms with Crippen molar-refractivity contribution in [3.63, 3.8) is 0 Å². The number of carbonyl (C=O) groups excluding carboxylic acids is 1. The van der Waals surface area contributed by atoms with E-state index in [0.29, 0.717) is 25.5 Å². The number of rotatable bonds is 10. The average molecular weight is 402 g/mol. The number of nitrogens with zero attached hydrogens (tertiary/aromatic N) is 1. The van der Waals surface area contributed by atoms with Crippen molar-refractivity contribution >= 4 is 17.7 Å². The molecule has 3 rings (SSSR count). The maximum Gasteiger partial charge on any atom is 0.414 e. The number of carboxylic acids is 1. The third-order valence-corrected chi connectivity index (χ3v) is 5.93. The first kappa shape index (κ1) is 21.4. The lowest BCUT2D eigenvalue weighted by Crippen LogP contribution is -2.36. The summed E-state index contributed by atoms with van der Waals surface area (Å²) in [5, 5.41) is 8.70. The van der Waals surface area contributed by atoms with Crippen molar-refractivity contribution in [2.45, 2.75) is 57.7 Å². The molecule has 2 bridgehead atoms. The number of allylic oxidation sites excluding steroid dienone is 2. The molecule has 2 fully saturated rings. The normalized spacial score (nSPS) is 25.4. The van der Waals surface area contributed by atoms with Gasteiger partial charge in [-0.1, -0.05) is 30.4 Å². The van der Waals surface area contributed by atoms with E-state index in [2.05, 4.69) is 12.2 Å². The van der Waals surface area contributed by atoms with Crippen LogP contribution in [0.15, 0.2) is 42.5 Å². The molecule has 4 atom stereocenters. The molecule has 6 nitrogen and oxygen atoms in total. The SMILES string of the molecule is CCN(C(=O)OC[C@@H]1[C@@H](CC=CCCCC(=O)O)[C@H]2CC[C@@H]1O2)c1ccccc1. The second-order valence-corrected chi connectivity index (χ2v) is 7.77. The smallest absolute Gasteiger partial charge is 0.414 e. The predicted molar refractivity (Wildman–Crippen MR) is 111 cm³/mol. The van der Waals surface area contributed by atoms with Gasteiger partial charge in [0.15, 0.2) is 0 Å². The van der Waals surface area contributed by atoms with Crippen LogP contribution in [0.3, 0.4) is 0 Å². The second kappa shape index (κ2) is 10.4. The Morgan fingerprint density at radius 3 is 2.59 bits per heavy atom.